The van der Waals surface area contributed by atoms with Gasteiger partial charge in [-0.2, -0.15) is 0 Å². The third kappa shape index (κ3) is 2.77. The van der Waals surface area contributed by atoms with Gasteiger partial charge >= 0.3 is 0 Å². The average molecular weight is 271 g/mol. The van der Waals surface area contributed by atoms with Crippen LogP contribution in [0, 0.1) is 5.41 Å². The molecule has 0 radical (unpaired) electrons. The van der Waals surface area contributed by atoms with Crippen molar-refractivity contribution >= 4 is 11.3 Å². The Morgan fingerprint density at radius 2 is 1.29 bits per heavy atom. The van der Waals surface area contributed by atoms with Crippen molar-refractivity contribution in [2.24, 2.45) is 0 Å². The lowest BCUT2D eigenvalue weighted by Crippen LogP contribution is -2.01. The van der Waals surface area contributed by atoms with Gasteiger partial charge in [-0.25, -0.2) is 0 Å². The van der Waals surface area contributed by atoms with Gasteiger partial charge in [-0.3, -0.25) is 0 Å². The molecule has 2 aromatic rings. The monoisotopic (exact) mass is 271 g/mol. The lowest BCUT2D eigenvalue weighted by Gasteiger charge is -2.15. The summed E-state index contributed by atoms with van der Waals surface area (Å²) in [5, 5.41) is 7.86. The summed E-state index contributed by atoms with van der Waals surface area (Å²) < 4.78 is 0. The van der Waals surface area contributed by atoms with Crippen LogP contribution in [0.25, 0.3) is 5.57 Å². The van der Waals surface area contributed by atoms with E-state index in [4.69, 9.17) is 5.41 Å². The molecule has 0 saturated heterocycles. The minimum absolute atomic E-state index is 0.583. The summed E-state index contributed by atoms with van der Waals surface area (Å²) in [7, 11) is 0. The van der Waals surface area contributed by atoms with Crippen LogP contribution < -0.4 is 0 Å². The maximum atomic E-state index is 7.86. The molecule has 0 spiro atoms. The number of allylic oxidation sites excluding steroid dienone is 5. The molecule has 0 amide bonds. The zero-order valence-corrected chi connectivity index (χ0v) is 12.0. The van der Waals surface area contributed by atoms with Gasteiger partial charge in [0.2, 0.25) is 0 Å². The van der Waals surface area contributed by atoms with Gasteiger partial charge in [-0.1, -0.05) is 66.7 Å². The standard InChI is InChI=1S/C20H17N/c1-15-14-18(12-13-19(15)21)20(16-8-4-2-5-9-16)17-10-6-3-7-11-17/h2-14,21H,1H3. The second kappa shape index (κ2) is 5.76. The molecule has 0 saturated carbocycles. The molecule has 2 aromatic carbocycles. The topological polar surface area (TPSA) is 23.9 Å². The number of rotatable bonds is 2. The molecule has 3 rings (SSSR count). The van der Waals surface area contributed by atoms with Crippen LogP contribution in [0.5, 0.6) is 0 Å². The van der Waals surface area contributed by atoms with E-state index < -0.39 is 0 Å². The summed E-state index contributed by atoms with van der Waals surface area (Å²) in [5.74, 6) is 0. The van der Waals surface area contributed by atoms with Gasteiger partial charge in [0.1, 0.15) is 0 Å². The van der Waals surface area contributed by atoms with Crippen LogP contribution in [0.1, 0.15) is 18.1 Å². The summed E-state index contributed by atoms with van der Waals surface area (Å²) in [6, 6.07) is 20.8. The van der Waals surface area contributed by atoms with Crippen molar-refractivity contribution in [1.29, 1.82) is 5.41 Å². The van der Waals surface area contributed by atoms with Crippen LogP contribution in [0.4, 0.5) is 0 Å². The molecule has 1 aliphatic rings. The highest BCUT2D eigenvalue weighted by Crippen LogP contribution is 2.30. The molecule has 0 atom stereocenters. The van der Waals surface area contributed by atoms with Gasteiger partial charge in [0.05, 0.1) is 5.71 Å². The van der Waals surface area contributed by atoms with Gasteiger partial charge in [0.15, 0.2) is 0 Å². The Bertz CT molecular complexity index is 705. The molecule has 1 aliphatic carbocycles. The van der Waals surface area contributed by atoms with Crippen LogP contribution >= 0.6 is 0 Å². The first-order chi connectivity index (χ1) is 10.3. The maximum absolute atomic E-state index is 7.86. The van der Waals surface area contributed by atoms with Gasteiger partial charge in [0.25, 0.3) is 0 Å². The SMILES string of the molecule is CC1=CC(=C(c2ccccc2)c2ccccc2)C=CC1=N. The molecule has 102 valence electrons. The first-order valence-corrected chi connectivity index (χ1v) is 7.06. The van der Waals surface area contributed by atoms with E-state index in [0.717, 1.165) is 11.1 Å². The van der Waals surface area contributed by atoms with Crippen molar-refractivity contribution < 1.29 is 0 Å². The Hall–Kier alpha value is -2.67. The predicted octanol–water partition coefficient (Wildman–Crippen LogP) is 5.02. The Balaban J connectivity index is 2.23. The van der Waals surface area contributed by atoms with Crippen molar-refractivity contribution in [1.82, 2.24) is 0 Å². The van der Waals surface area contributed by atoms with Gasteiger partial charge in [-0.05, 0) is 46.9 Å². The highest BCUT2D eigenvalue weighted by Gasteiger charge is 2.12. The van der Waals surface area contributed by atoms with Gasteiger partial charge < -0.3 is 5.41 Å². The van der Waals surface area contributed by atoms with Crippen LogP contribution in [0.3, 0.4) is 0 Å². The van der Waals surface area contributed by atoms with E-state index in [2.05, 4.69) is 54.6 Å². The lowest BCUT2D eigenvalue weighted by molar-refractivity contribution is 1.41. The van der Waals surface area contributed by atoms with E-state index in [1.165, 1.54) is 16.7 Å². The molecule has 0 bridgehead atoms. The van der Waals surface area contributed by atoms with Crippen LogP contribution in [0.15, 0.2) is 90.0 Å². The Labute approximate surface area is 125 Å². The largest absolute Gasteiger partial charge is 0.301 e. The van der Waals surface area contributed by atoms with E-state index in [0.29, 0.717) is 5.71 Å². The van der Waals surface area contributed by atoms with Crippen molar-refractivity contribution in [3.8, 4) is 0 Å². The number of benzene rings is 2. The van der Waals surface area contributed by atoms with Gasteiger partial charge in [0, 0.05) is 0 Å². The van der Waals surface area contributed by atoms with E-state index in [1.54, 1.807) is 0 Å². The third-order valence-corrected chi connectivity index (χ3v) is 3.64. The molecule has 21 heavy (non-hydrogen) atoms. The predicted molar refractivity (Wildman–Crippen MR) is 89.5 cm³/mol. The smallest absolute Gasteiger partial charge is 0.0569 e. The highest BCUT2D eigenvalue weighted by atomic mass is 14.4. The molecule has 0 heterocycles. The van der Waals surface area contributed by atoms with Crippen molar-refractivity contribution in [2.45, 2.75) is 6.92 Å². The average Bonchev–Trinajstić information content (AvgIpc) is 2.53. The summed E-state index contributed by atoms with van der Waals surface area (Å²) in [6.45, 7) is 1.99. The van der Waals surface area contributed by atoms with Gasteiger partial charge in [-0.15, -0.1) is 0 Å². The molecule has 0 aliphatic heterocycles. The number of hydrogen-bond donors (Lipinski definition) is 1. The molecular formula is C20H17N. The molecular weight excluding hydrogens is 254 g/mol. The summed E-state index contributed by atoms with van der Waals surface area (Å²) in [6.07, 6.45) is 6.00. The molecule has 0 aromatic heterocycles. The zero-order chi connectivity index (χ0) is 14.7. The van der Waals surface area contributed by atoms with E-state index in [-0.39, 0.29) is 0 Å². The fourth-order valence-electron chi connectivity index (χ4n) is 2.53. The van der Waals surface area contributed by atoms with E-state index >= 15 is 0 Å². The van der Waals surface area contributed by atoms with Crippen LogP contribution in [-0.4, -0.2) is 5.71 Å². The first-order valence-electron chi connectivity index (χ1n) is 7.06. The summed E-state index contributed by atoms with van der Waals surface area (Å²) in [5.41, 5.74) is 6.33. The van der Waals surface area contributed by atoms with Crippen molar-refractivity contribution in [3.05, 3.63) is 101 Å². The minimum atomic E-state index is 0.583. The fourth-order valence-corrected chi connectivity index (χ4v) is 2.53. The van der Waals surface area contributed by atoms with Crippen LogP contribution in [0.2, 0.25) is 0 Å². The second-order valence-corrected chi connectivity index (χ2v) is 5.14. The summed E-state index contributed by atoms with van der Waals surface area (Å²) in [4.78, 5) is 0. The Morgan fingerprint density at radius 1 is 0.762 bits per heavy atom. The quantitative estimate of drug-likeness (QED) is 0.792. The third-order valence-electron chi connectivity index (χ3n) is 3.64. The lowest BCUT2D eigenvalue weighted by atomic mass is 9.89. The zero-order valence-electron chi connectivity index (χ0n) is 12.0. The number of nitrogens with one attached hydrogen (secondary N) is 1. The van der Waals surface area contributed by atoms with Crippen molar-refractivity contribution in [3.63, 3.8) is 0 Å². The van der Waals surface area contributed by atoms with Crippen LogP contribution in [-0.2, 0) is 0 Å². The summed E-state index contributed by atoms with van der Waals surface area (Å²) >= 11 is 0. The number of hydrogen-bond acceptors (Lipinski definition) is 1. The molecule has 0 unspecified atom stereocenters. The normalized spacial score (nSPS) is 14.0. The van der Waals surface area contributed by atoms with Crippen molar-refractivity contribution in [2.75, 3.05) is 0 Å². The highest BCUT2D eigenvalue weighted by molar-refractivity contribution is 6.08. The minimum Gasteiger partial charge on any atom is -0.301 e. The Morgan fingerprint density at radius 3 is 1.76 bits per heavy atom. The fraction of sp³-hybridized carbons (Fsp3) is 0.0500. The van der Waals surface area contributed by atoms with E-state index in [9.17, 15) is 0 Å². The second-order valence-electron chi connectivity index (χ2n) is 5.14. The first kappa shape index (κ1) is 13.3. The molecule has 1 N–H and O–H groups in total. The molecule has 1 heteroatoms. The molecule has 1 nitrogen and oxygen atoms in total. The van der Waals surface area contributed by atoms with E-state index in [1.807, 2.05) is 31.2 Å². The Kier molecular flexibility index (Phi) is 3.65. The molecule has 0 fully saturated rings. The maximum Gasteiger partial charge on any atom is 0.0569 e.